The highest BCUT2D eigenvalue weighted by Crippen LogP contribution is 2.41. The molecule has 0 aliphatic carbocycles. The molecule has 312 valence electrons. The van der Waals surface area contributed by atoms with Gasteiger partial charge >= 0.3 is 12.1 Å². The minimum Gasteiger partial charge on any atom is -0.455 e. The monoisotopic (exact) mass is 795 g/mol. The lowest BCUT2D eigenvalue weighted by Gasteiger charge is -2.47. The molecule has 4 heterocycles. The van der Waals surface area contributed by atoms with Crippen molar-refractivity contribution in [1.29, 1.82) is 0 Å². The van der Waals surface area contributed by atoms with Crippen LogP contribution in [0.2, 0.25) is 0 Å². The highest BCUT2D eigenvalue weighted by atomic mass is 19.1. The van der Waals surface area contributed by atoms with Crippen molar-refractivity contribution in [1.82, 2.24) is 15.2 Å². The molecule has 1 aromatic heterocycles. The van der Waals surface area contributed by atoms with Crippen molar-refractivity contribution in [3.63, 3.8) is 0 Å². The quantitative estimate of drug-likeness (QED) is 0.226. The van der Waals surface area contributed by atoms with Gasteiger partial charge in [-0.05, 0) is 78.7 Å². The molecule has 5 rings (SSSR count). The van der Waals surface area contributed by atoms with Crippen LogP contribution in [0.15, 0.2) is 36.5 Å². The van der Waals surface area contributed by atoms with E-state index in [1.807, 2.05) is 56.3 Å². The molecule has 0 spiro atoms. The lowest BCUT2D eigenvalue weighted by atomic mass is 9.73. The van der Waals surface area contributed by atoms with E-state index >= 15 is 4.39 Å². The summed E-state index contributed by atoms with van der Waals surface area (Å²) in [6.07, 6.45) is -3.65. The molecule has 0 unspecified atom stereocenters. The number of rotatable bonds is 7. The highest BCUT2D eigenvalue weighted by Gasteiger charge is 2.59. The summed E-state index contributed by atoms with van der Waals surface area (Å²) in [4.78, 5) is 61.6. The molecule has 14 heteroatoms. The number of para-hydroxylation sites is 1. The normalized spacial score (nSPS) is 38.1. The zero-order valence-corrected chi connectivity index (χ0v) is 34.7. The smallest absolute Gasteiger partial charge is 0.408 e. The van der Waals surface area contributed by atoms with Crippen LogP contribution in [-0.2, 0) is 44.5 Å². The second kappa shape index (κ2) is 17.5. The second-order valence-electron chi connectivity index (χ2n) is 16.7. The van der Waals surface area contributed by atoms with Gasteiger partial charge in [-0.2, -0.15) is 0 Å². The van der Waals surface area contributed by atoms with E-state index in [-0.39, 0.29) is 31.3 Å². The van der Waals surface area contributed by atoms with Crippen molar-refractivity contribution < 1.29 is 52.4 Å². The number of fused-ring (bicyclic) bond motifs is 2. The number of aromatic nitrogens is 1. The maximum atomic E-state index is 16.9. The molecule has 0 bridgehead atoms. The summed E-state index contributed by atoms with van der Waals surface area (Å²) in [6, 6.07) is 8.39. The van der Waals surface area contributed by atoms with Gasteiger partial charge in [0.2, 0.25) is 0 Å². The first-order chi connectivity index (χ1) is 26.7. The largest absolute Gasteiger partial charge is 0.455 e. The number of aliphatic hydroxyl groups is 1. The van der Waals surface area contributed by atoms with E-state index in [0.29, 0.717) is 12.8 Å². The Bertz CT molecular complexity index is 1880. The molecule has 1 aromatic carbocycles. The number of carbonyl (C=O) groups excluding carboxylic acids is 4. The zero-order valence-electron chi connectivity index (χ0n) is 34.7. The number of aliphatic hydroxyl groups excluding tert-OH is 1. The number of hydrogen-bond acceptors (Lipinski definition) is 12. The Morgan fingerprint density at radius 1 is 1.05 bits per heavy atom. The average Bonchev–Trinajstić information content (AvgIpc) is 3.48. The topological polar surface area (TPSA) is 163 Å². The molecule has 3 fully saturated rings. The fourth-order valence-corrected chi connectivity index (χ4v) is 8.76. The maximum absolute atomic E-state index is 16.9. The third-order valence-electron chi connectivity index (χ3n) is 12.0. The molecule has 57 heavy (non-hydrogen) atoms. The lowest BCUT2D eigenvalue weighted by Crippen LogP contribution is -2.61. The van der Waals surface area contributed by atoms with Gasteiger partial charge in [0.25, 0.3) is 5.67 Å². The van der Waals surface area contributed by atoms with Crippen molar-refractivity contribution in [2.45, 2.75) is 141 Å². The predicted octanol–water partition coefficient (Wildman–Crippen LogP) is 4.73. The van der Waals surface area contributed by atoms with Gasteiger partial charge in [0.05, 0.1) is 29.4 Å². The molecule has 3 saturated heterocycles. The Balaban J connectivity index is 1.56. The number of alkyl halides is 1. The van der Waals surface area contributed by atoms with E-state index in [1.54, 1.807) is 33.9 Å². The number of nitrogens with one attached hydrogen (secondary N) is 1. The van der Waals surface area contributed by atoms with Crippen molar-refractivity contribution in [3.8, 4) is 11.8 Å². The maximum Gasteiger partial charge on any atom is 0.408 e. The first-order valence-corrected chi connectivity index (χ1v) is 19.8. The third-order valence-corrected chi connectivity index (χ3v) is 12.0. The average molecular weight is 796 g/mol. The zero-order chi connectivity index (χ0) is 42.0. The van der Waals surface area contributed by atoms with Gasteiger partial charge in [-0.15, -0.1) is 0 Å². The number of Topliss-reactive ketones (excluding diaryl/α,β-unsaturated/α-hetero) is 2. The summed E-state index contributed by atoms with van der Waals surface area (Å²) in [7, 11) is 3.63. The Kier molecular flexibility index (Phi) is 13.5. The Morgan fingerprint density at radius 3 is 2.44 bits per heavy atom. The molecular formula is C43H58FN3O10. The number of nitrogens with zero attached hydrogens (tertiary/aromatic N) is 2. The Hall–Kier alpha value is -4.00. The van der Waals surface area contributed by atoms with Gasteiger partial charge in [-0.3, -0.25) is 14.6 Å². The van der Waals surface area contributed by atoms with E-state index in [1.165, 1.54) is 13.8 Å². The van der Waals surface area contributed by atoms with Crippen LogP contribution in [0.5, 0.6) is 0 Å². The number of likely N-dealkylation sites (N-methyl/N-ethyl adjacent to an activating group) is 1. The van der Waals surface area contributed by atoms with Crippen molar-refractivity contribution in [2.24, 2.45) is 17.8 Å². The van der Waals surface area contributed by atoms with Crippen molar-refractivity contribution in [2.75, 3.05) is 20.7 Å². The van der Waals surface area contributed by atoms with Crippen LogP contribution >= 0.6 is 0 Å². The van der Waals surface area contributed by atoms with E-state index in [4.69, 9.17) is 23.7 Å². The number of hydrogen-bond donors (Lipinski definition) is 2. The van der Waals surface area contributed by atoms with E-state index in [9.17, 15) is 24.3 Å². The van der Waals surface area contributed by atoms with E-state index < -0.39 is 89.2 Å². The summed E-state index contributed by atoms with van der Waals surface area (Å²) < 4.78 is 47.5. The minimum absolute atomic E-state index is 0.0624. The first-order valence-electron chi connectivity index (χ1n) is 19.8. The number of ketones is 2. The summed E-state index contributed by atoms with van der Waals surface area (Å²) in [5.74, 6) is 0.134. The summed E-state index contributed by atoms with van der Waals surface area (Å²) in [5.41, 5.74) is -4.59. The predicted molar refractivity (Wildman–Crippen MR) is 209 cm³/mol. The van der Waals surface area contributed by atoms with Gasteiger partial charge < -0.3 is 39.0 Å². The fraction of sp³-hybridized carbons (Fsp3) is 0.651. The number of alkyl carbamates (subject to hydrolysis) is 1. The van der Waals surface area contributed by atoms with Crippen LogP contribution in [0, 0.1) is 29.6 Å². The molecule has 3 aliphatic heterocycles. The molecule has 13 atom stereocenters. The number of benzene rings is 1. The lowest BCUT2D eigenvalue weighted by molar-refractivity contribution is -0.296. The summed E-state index contributed by atoms with van der Waals surface area (Å²) >= 11 is 0. The summed E-state index contributed by atoms with van der Waals surface area (Å²) in [6.45, 7) is 12.1. The standard InChI is InChI=1S/C43H58FN3O10/c1-11-32-43(8)35(46-40(52)57-43)26(4)33(48)24(2)22-41(6,53-19-15-14-16-28-21-29-17-12-13-18-30(29)45-23-28)37(27(5)36(50)42(7,44)39(51)55-32)56-38-34(49)31(47(9)10)20-25(3)54-38/h12-13,17-18,21,23-27,31-32,34-35,37-38,49H,11,16,19-20,22H2,1-10H3,(H,46,52)/t24-,25-,26+,27+,31+,32-,34-,35-,37-,38+,41-,42+,43-/m1/s1. The van der Waals surface area contributed by atoms with Gasteiger partial charge in [-0.1, -0.05) is 57.7 Å². The molecule has 2 aromatic rings. The Labute approximate surface area is 334 Å². The molecule has 1 amide bonds. The number of esters is 1. The van der Waals surface area contributed by atoms with Crippen LogP contribution in [0.4, 0.5) is 9.18 Å². The summed E-state index contributed by atoms with van der Waals surface area (Å²) in [5, 5.41) is 15.2. The van der Waals surface area contributed by atoms with Crippen LogP contribution in [0.25, 0.3) is 10.9 Å². The minimum atomic E-state index is -3.20. The van der Waals surface area contributed by atoms with Crippen LogP contribution in [-0.4, -0.2) is 119 Å². The van der Waals surface area contributed by atoms with Gasteiger partial charge in [0, 0.05) is 41.8 Å². The third kappa shape index (κ3) is 9.18. The molecule has 3 aliphatic rings. The molecule has 13 nitrogen and oxygen atoms in total. The molecule has 0 radical (unpaired) electrons. The number of ether oxygens (including phenoxy) is 5. The number of cyclic esters (lactones) is 1. The van der Waals surface area contributed by atoms with Crippen LogP contribution < -0.4 is 5.32 Å². The van der Waals surface area contributed by atoms with E-state index in [2.05, 4.69) is 22.1 Å². The Morgan fingerprint density at radius 2 is 1.75 bits per heavy atom. The first kappa shape index (κ1) is 44.1. The van der Waals surface area contributed by atoms with Gasteiger partial charge in [0.1, 0.15) is 24.6 Å². The SMILES string of the molecule is CC[C@H]1OC(=O)[C@@](C)(F)C(=O)[C@H](C)[C@@H](O[C@@H]2O[C@H](C)C[C@H](N(C)C)[C@H]2O)[C@](C)(OCC#CCc2cnc3ccccc3c2)C[C@@H](C)C(=O)[C@H](C)[C@H]2NC(=O)O[C@@]21C. The van der Waals surface area contributed by atoms with Gasteiger partial charge in [0.15, 0.2) is 17.7 Å². The number of carbonyl (C=O) groups is 4. The van der Waals surface area contributed by atoms with Crippen molar-refractivity contribution in [3.05, 3.63) is 42.1 Å². The molecular weight excluding hydrogens is 737 g/mol. The van der Waals surface area contributed by atoms with E-state index in [0.717, 1.165) is 23.4 Å². The number of halogens is 1. The fourth-order valence-electron chi connectivity index (χ4n) is 8.76. The van der Waals surface area contributed by atoms with Gasteiger partial charge in [-0.25, -0.2) is 14.0 Å². The molecule has 2 N–H and O–H groups in total. The molecule has 0 saturated carbocycles. The number of amides is 1. The van der Waals surface area contributed by atoms with Crippen LogP contribution in [0.1, 0.15) is 80.2 Å². The van der Waals surface area contributed by atoms with Crippen molar-refractivity contribution >= 4 is 34.5 Å². The highest BCUT2D eigenvalue weighted by molar-refractivity contribution is 6.08. The number of pyridine rings is 1. The second-order valence-corrected chi connectivity index (χ2v) is 16.7. The van der Waals surface area contributed by atoms with Crippen LogP contribution in [0.3, 0.4) is 0 Å².